The number of nitrogens with one attached hydrogen (secondary N) is 3. The van der Waals surface area contributed by atoms with E-state index in [2.05, 4.69) is 21.1 Å². The highest BCUT2D eigenvalue weighted by Crippen LogP contribution is 2.20. The summed E-state index contributed by atoms with van der Waals surface area (Å²) >= 11 is 0. The predicted molar refractivity (Wildman–Crippen MR) is 129 cm³/mol. The van der Waals surface area contributed by atoms with Crippen LogP contribution in [-0.2, 0) is 21.1 Å². The van der Waals surface area contributed by atoms with Gasteiger partial charge < -0.3 is 40.6 Å². The number of amidine groups is 1. The number of rotatable bonds is 9. The van der Waals surface area contributed by atoms with E-state index in [0.717, 1.165) is 6.07 Å². The predicted octanol–water partition coefficient (Wildman–Crippen LogP) is 0.981. The average Bonchev–Trinajstić information content (AvgIpc) is 3.49. The van der Waals surface area contributed by atoms with Crippen molar-refractivity contribution in [2.75, 3.05) is 17.2 Å². The molecule has 0 fully saturated rings. The molecule has 36 heavy (non-hydrogen) atoms. The zero-order chi connectivity index (χ0) is 26.6. The van der Waals surface area contributed by atoms with Crippen molar-refractivity contribution in [1.82, 2.24) is 19.0 Å². The van der Waals surface area contributed by atoms with Gasteiger partial charge in [-0.3, -0.25) is 24.5 Å². The van der Waals surface area contributed by atoms with Gasteiger partial charge in [-0.25, -0.2) is 0 Å². The van der Waals surface area contributed by atoms with Gasteiger partial charge in [0.2, 0.25) is 0 Å². The molecule has 3 aromatic heterocycles. The number of hydrogen-bond acceptors (Lipinski definition) is 7. The summed E-state index contributed by atoms with van der Waals surface area (Å²) < 4.78 is 4.37. The first kappa shape index (κ1) is 25.5. The van der Waals surface area contributed by atoms with E-state index in [-0.39, 0.29) is 41.6 Å². The lowest BCUT2D eigenvalue weighted by Crippen LogP contribution is -2.29. The van der Waals surface area contributed by atoms with Crippen molar-refractivity contribution in [2.45, 2.75) is 6.42 Å². The number of carbonyl (C=O) groups excluding carboxylic acids is 3. The third kappa shape index (κ3) is 5.69. The molecule has 0 aliphatic rings. The Morgan fingerprint density at radius 1 is 0.917 bits per heavy atom. The fraction of sp³-hybridized carbons (Fsp3) is 0.238. The molecule has 3 aromatic rings. The maximum absolute atomic E-state index is 12.8. The summed E-state index contributed by atoms with van der Waals surface area (Å²) in [6.45, 7) is 0.162. The highest BCUT2D eigenvalue weighted by Gasteiger charge is 2.20. The van der Waals surface area contributed by atoms with E-state index in [9.17, 15) is 24.5 Å². The normalized spacial score (nSPS) is 11.2. The Hall–Kier alpha value is -5.08. The Labute approximate surface area is 204 Å². The van der Waals surface area contributed by atoms with Crippen LogP contribution in [0.5, 0.6) is 0 Å². The maximum Gasteiger partial charge on any atom is 0.287 e. The van der Waals surface area contributed by atoms with Crippen molar-refractivity contribution < 1.29 is 24.5 Å². The lowest BCUT2D eigenvalue weighted by molar-refractivity contribution is -0.384. The van der Waals surface area contributed by atoms with E-state index < -0.39 is 22.6 Å². The molecule has 6 N–H and O–H groups in total. The zero-order valence-electron chi connectivity index (χ0n) is 19.7. The van der Waals surface area contributed by atoms with Gasteiger partial charge in [0.05, 0.1) is 22.5 Å². The summed E-state index contributed by atoms with van der Waals surface area (Å²) in [6.07, 6.45) is 4.48. The van der Waals surface area contributed by atoms with Gasteiger partial charge in [-0.05, 0) is 12.1 Å². The van der Waals surface area contributed by atoms with Crippen LogP contribution in [0.1, 0.15) is 37.9 Å². The molecule has 0 unspecified atom stereocenters. The molecule has 3 amide bonds. The number of amides is 3. The Balaban J connectivity index is 1.66. The van der Waals surface area contributed by atoms with Gasteiger partial charge in [0, 0.05) is 52.6 Å². The van der Waals surface area contributed by atoms with Gasteiger partial charge in [-0.1, -0.05) is 5.16 Å². The van der Waals surface area contributed by atoms with Crippen molar-refractivity contribution in [2.24, 2.45) is 32.0 Å². The Bertz CT molecular complexity index is 1360. The van der Waals surface area contributed by atoms with Crippen LogP contribution in [0.4, 0.5) is 17.1 Å². The summed E-state index contributed by atoms with van der Waals surface area (Å²) in [5.41, 5.74) is 6.43. The van der Waals surface area contributed by atoms with Gasteiger partial charge >= 0.3 is 0 Å². The molecule has 0 bridgehead atoms. The summed E-state index contributed by atoms with van der Waals surface area (Å²) in [6, 6.07) is 4.10. The second kappa shape index (κ2) is 10.5. The van der Waals surface area contributed by atoms with Crippen molar-refractivity contribution in [3.8, 4) is 0 Å². The van der Waals surface area contributed by atoms with Crippen LogP contribution in [0.15, 0.2) is 41.9 Å². The van der Waals surface area contributed by atoms with E-state index in [1.807, 2.05) is 0 Å². The molecule has 15 nitrogen and oxygen atoms in total. The van der Waals surface area contributed by atoms with Crippen molar-refractivity contribution in [3.63, 3.8) is 0 Å². The van der Waals surface area contributed by atoms with Crippen LogP contribution < -0.4 is 21.7 Å². The number of nitrogens with two attached hydrogens (primary N) is 1. The number of anilines is 2. The Kier molecular flexibility index (Phi) is 7.42. The minimum atomic E-state index is -0.595. The summed E-state index contributed by atoms with van der Waals surface area (Å²) in [7, 11) is 4.76. The second-order valence-corrected chi connectivity index (χ2v) is 7.91. The highest BCUT2D eigenvalue weighted by molar-refractivity contribution is 6.07. The van der Waals surface area contributed by atoms with Gasteiger partial charge in [0.15, 0.2) is 0 Å². The number of aromatic nitrogens is 3. The molecule has 0 aliphatic heterocycles. The topological polar surface area (TPSA) is 204 Å². The fourth-order valence-electron chi connectivity index (χ4n) is 3.42. The van der Waals surface area contributed by atoms with Crippen LogP contribution in [0.2, 0.25) is 0 Å². The van der Waals surface area contributed by atoms with Gasteiger partial charge in [-0.15, -0.1) is 0 Å². The van der Waals surface area contributed by atoms with Crippen LogP contribution in [-0.4, -0.2) is 53.9 Å². The fourth-order valence-corrected chi connectivity index (χ4v) is 3.42. The molecule has 0 spiro atoms. The van der Waals surface area contributed by atoms with Crippen LogP contribution in [0.25, 0.3) is 0 Å². The molecule has 0 atom stereocenters. The number of carbonyl (C=O) groups is 3. The van der Waals surface area contributed by atoms with Crippen molar-refractivity contribution >= 4 is 40.6 Å². The van der Waals surface area contributed by atoms with E-state index in [1.165, 1.54) is 45.3 Å². The first-order chi connectivity index (χ1) is 17.0. The molecule has 0 radical (unpaired) electrons. The largest absolute Gasteiger partial charge is 0.409 e. The molecule has 0 saturated heterocycles. The molecule has 3 rings (SSSR count). The third-order valence-corrected chi connectivity index (χ3v) is 5.22. The molecule has 3 heterocycles. The summed E-state index contributed by atoms with van der Waals surface area (Å²) in [5.74, 6) is -1.49. The third-order valence-electron chi connectivity index (χ3n) is 5.22. The zero-order valence-corrected chi connectivity index (χ0v) is 19.7. The van der Waals surface area contributed by atoms with E-state index in [0.29, 0.717) is 11.4 Å². The van der Waals surface area contributed by atoms with Crippen molar-refractivity contribution in [1.29, 1.82) is 0 Å². The standard InChI is InChI=1S/C21H25N9O6/c1-27-9-12(6-15(27)19(31)23-5-4-18(22)26-34)24-20(32)16-7-13(10-28(16)2)25-21(33)17-8-14(30(35)36)11-29(17)3/h6-11,34H,4-5H2,1-3H3,(H2,22,26)(H,23,31)(H,24,32)(H,25,33). The molecular weight excluding hydrogens is 474 g/mol. The average molecular weight is 499 g/mol. The molecule has 0 aliphatic carbocycles. The lowest BCUT2D eigenvalue weighted by Gasteiger charge is -2.04. The summed E-state index contributed by atoms with van der Waals surface area (Å²) in [4.78, 5) is 48.1. The quantitative estimate of drug-likeness (QED) is 0.0948. The number of nitro groups is 1. The Morgan fingerprint density at radius 2 is 1.39 bits per heavy atom. The number of hydrogen-bond donors (Lipinski definition) is 5. The van der Waals surface area contributed by atoms with Gasteiger partial charge in [0.25, 0.3) is 23.4 Å². The van der Waals surface area contributed by atoms with Crippen LogP contribution in [0, 0.1) is 10.1 Å². The van der Waals surface area contributed by atoms with Crippen molar-refractivity contribution in [3.05, 3.63) is 64.0 Å². The first-order valence-electron chi connectivity index (χ1n) is 10.5. The van der Waals surface area contributed by atoms with E-state index >= 15 is 0 Å². The van der Waals surface area contributed by atoms with E-state index in [1.54, 1.807) is 20.3 Å². The summed E-state index contributed by atoms with van der Waals surface area (Å²) in [5, 5.41) is 30.3. The molecule has 0 aromatic carbocycles. The van der Waals surface area contributed by atoms with E-state index in [4.69, 9.17) is 10.9 Å². The minimum Gasteiger partial charge on any atom is -0.409 e. The van der Waals surface area contributed by atoms with Gasteiger partial charge in [0.1, 0.15) is 22.9 Å². The SMILES string of the molecule is Cn1cc(NC(=O)c2cc(NC(=O)c3cc([N+](=O)[O-])cn3C)cn2C)cc1C(=O)NCCC(N)=NO. The molecular formula is C21H25N9O6. The Morgan fingerprint density at radius 3 is 1.86 bits per heavy atom. The smallest absolute Gasteiger partial charge is 0.287 e. The number of oxime groups is 1. The number of nitrogens with zero attached hydrogens (tertiary/aromatic N) is 5. The minimum absolute atomic E-state index is 0.0155. The van der Waals surface area contributed by atoms with Crippen LogP contribution in [0.3, 0.4) is 0 Å². The maximum atomic E-state index is 12.8. The molecule has 190 valence electrons. The lowest BCUT2D eigenvalue weighted by atomic mass is 10.3. The monoisotopic (exact) mass is 499 g/mol. The van der Waals surface area contributed by atoms with Gasteiger partial charge in [-0.2, -0.15) is 0 Å². The first-order valence-corrected chi connectivity index (χ1v) is 10.5. The second-order valence-electron chi connectivity index (χ2n) is 7.91. The molecule has 0 saturated carbocycles. The molecule has 15 heteroatoms. The number of aryl methyl sites for hydroxylation is 3. The highest BCUT2D eigenvalue weighted by atomic mass is 16.6. The van der Waals surface area contributed by atoms with Crippen LogP contribution >= 0.6 is 0 Å².